The lowest BCUT2D eigenvalue weighted by atomic mass is 10.2. The average molecular weight is 145 g/mol. The molecule has 0 aromatic heterocycles. The molecule has 11 heavy (non-hydrogen) atoms. The highest BCUT2D eigenvalue weighted by molar-refractivity contribution is 5.78. The fraction of sp³-hybridized carbons (Fsp3) is 0. The van der Waals surface area contributed by atoms with Crippen LogP contribution in [-0.2, 0) is 0 Å². The minimum absolute atomic E-state index is 0.859. The number of nitrogens with two attached hydrogens (primary N) is 1. The number of hydrogen-bond donors (Lipinski definition) is 1. The number of benzene rings is 1. The van der Waals surface area contributed by atoms with Gasteiger partial charge in [0, 0.05) is 5.87 Å². The second kappa shape index (κ2) is 2.23. The Morgan fingerprint density at radius 1 is 1.36 bits per heavy atom. The quantitative estimate of drug-likeness (QED) is 0.557. The monoisotopic (exact) mass is 145 g/mol. The number of rotatable bonds is 0. The summed E-state index contributed by atoms with van der Waals surface area (Å²) in [5.74, 6) is 8.29. The molecule has 0 amide bonds. The summed E-state index contributed by atoms with van der Waals surface area (Å²) in [4.78, 5) is 4.02. The third kappa shape index (κ3) is 0.923. The highest BCUT2D eigenvalue weighted by Crippen LogP contribution is 2.27. The first-order valence-electron chi connectivity index (χ1n) is 3.30. The van der Waals surface area contributed by atoms with Crippen LogP contribution in [0.4, 0.5) is 11.4 Å². The predicted molar refractivity (Wildman–Crippen MR) is 44.8 cm³/mol. The molecule has 0 unspecified atom stereocenters. The van der Waals surface area contributed by atoms with Gasteiger partial charge in [-0.3, -0.25) is 5.01 Å². The molecule has 54 valence electrons. The molecular weight excluding hydrogens is 138 g/mol. The van der Waals surface area contributed by atoms with E-state index in [2.05, 4.69) is 10.9 Å². The van der Waals surface area contributed by atoms with Crippen LogP contribution in [-0.4, -0.2) is 5.87 Å². The van der Waals surface area contributed by atoms with E-state index in [1.807, 2.05) is 24.3 Å². The summed E-state index contributed by atoms with van der Waals surface area (Å²) in [6, 6.07) is 7.65. The zero-order chi connectivity index (χ0) is 7.68. The van der Waals surface area contributed by atoms with Gasteiger partial charge in [0.2, 0.25) is 0 Å². The van der Waals surface area contributed by atoms with Gasteiger partial charge in [-0.15, -0.1) is 0 Å². The lowest BCUT2D eigenvalue weighted by Crippen LogP contribution is -2.25. The van der Waals surface area contributed by atoms with Gasteiger partial charge in [0.1, 0.15) is 0 Å². The first kappa shape index (κ1) is 6.16. The second-order valence-corrected chi connectivity index (χ2v) is 2.27. The topological polar surface area (TPSA) is 41.6 Å². The number of aliphatic imine (C=N–C) groups is 1. The minimum Gasteiger partial charge on any atom is -0.275 e. The maximum Gasteiger partial charge on any atom is 0.0981 e. The van der Waals surface area contributed by atoms with Crippen molar-refractivity contribution >= 4 is 17.2 Å². The summed E-state index contributed by atoms with van der Waals surface area (Å²) in [7, 11) is 0. The second-order valence-electron chi connectivity index (χ2n) is 2.27. The first-order chi connectivity index (χ1) is 5.38. The molecule has 0 radical (unpaired) electrons. The van der Waals surface area contributed by atoms with E-state index in [4.69, 9.17) is 5.84 Å². The Hall–Kier alpha value is -1.57. The molecule has 0 atom stereocenters. The van der Waals surface area contributed by atoms with E-state index in [1.54, 1.807) is 6.20 Å². The highest BCUT2D eigenvalue weighted by atomic mass is 15.4. The van der Waals surface area contributed by atoms with E-state index in [0.717, 1.165) is 11.4 Å². The summed E-state index contributed by atoms with van der Waals surface area (Å²) in [5.41, 5.74) is 1.77. The van der Waals surface area contributed by atoms with Crippen molar-refractivity contribution in [1.29, 1.82) is 0 Å². The van der Waals surface area contributed by atoms with Crippen molar-refractivity contribution in [3.05, 3.63) is 30.5 Å². The number of fused-ring (bicyclic) bond motifs is 1. The number of hydrogen-bond acceptors (Lipinski definition) is 3. The standard InChI is InChI=1S/C8H7N3/c9-11-6-5-10-7-3-1-2-4-8(7)11/h1-4,6H,9H2. The molecule has 1 aliphatic rings. The Labute approximate surface area is 64.4 Å². The molecule has 0 saturated carbocycles. The van der Waals surface area contributed by atoms with Gasteiger partial charge in [0.25, 0.3) is 0 Å². The van der Waals surface area contributed by atoms with Gasteiger partial charge in [-0.05, 0) is 12.1 Å². The highest BCUT2D eigenvalue weighted by Gasteiger charge is 2.05. The molecule has 0 spiro atoms. The molecule has 0 aliphatic carbocycles. The van der Waals surface area contributed by atoms with Crippen molar-refractivity contribution in [2.45, 2.75) is 0 Å². The normalized spacial score (nSPS) is 13.4. The summed E-state index contributed by atoms with van der Waals surface area (Å²) >= 11 is 0. The fourth-order valence-electron chi connectivity index (χ4n) is 1.01. The largest absolute Gasteiger partial charge is 0.275 e. The molecule has 1 aromatic carbocycles. The van der Waals surface area contributed by atoms with Crippen molar-refractivity contribution in [2.24, 2.45) is 10.8 Å². The van der Waals surface area contributed by atoms with Crippen molar-refractivity contribution in [2.75, 3.05) is 5.01 Å². The smallest absolute Gasteiger partial charge is 0.0981 e. The van der Waals surface area contributed by atoms with Crippen molar-refractivity contribution in [3.8, 4) is 0 Å². The van der Waals surface area contributed by atoms with Crippen molar-refractivity contribution < 1.29 is 0 Å². The number of para-hydroxylation sites is 2. The molecule has 1 aromatic rings. The Morgan fingerprint density at radius 3 is 3.00 bits per heavy atom. The first-order valence-corrected chi connectivity index (χ1v) is 3.30. The zero-order valence-electron chi connectivity index (χ0n) is 5.86. The van der Waals surface area contributed by atoms with E-state index in [9.17, 15) is 0 Å². The molecule has 3 nitrogen and oxygen atoms in total. The van der Waals surface area contributed by atoms with Gasteiger partial charge >= 0.3 is 0 Å². The lowest BCUT2D eigenvalue weighted by Gasteiger charge is -2.15. The van der Waals surface area contributed by atoms with Gasteiger partial charge < -0.3 is 0 Å². The van der Waals surface area contributed by atoms with E-state index in [0.29, 0.717) is 0 Å². The van der Waals surface area contributed by atoms with Crippen molar-refractivity contribution in [1.82, 2.24) is 0 Å². The van der Waals surface area contributed by atoms with Crippen LogP contribution in [0.2, 0.25) is 0 Å². The van der Waals surface area contributed by atoms with Crippen LogP contribution in [0.15, 0.2) is 35.5 Å². The van der Waals surface area contributed by atoms with E-state index < -0.39 is 0 Å². The van der Waals surface area contributed by atoms with Gasteiger partial charge in [0.15, 0.2) is 0 Å². The molecule has 1 aliphatic heterocycles. The molecule has 1 heterocycles. The molecule has 0 saturated heterocycles. The number of hydrazine groups is 1. The predicted octanol–water partition coefficient (Wildman–Crippen LogP) is 1.20. The van der Waals surface area contributed by atoms with Crippen LogP contribution in [0.25, 0.3) is 0 Å². The van der Waals surface area contributed by atoms with Gasteiger partial charge in [-0.25, -0.2) is 10.8 Å². The van der Waals surface area contributed by atoms with Gasteiger partial charge in [-0.2, -0.15) is 0 Å². The summed E-state index contributed by atoms with van der Waals surface area (Å²) in [6.45, 7) is 0. The third-order valence-corrected chi connectivity index (χ3v) is 1.54. The third-order valence-electron chi connectivity index (χ3n) is 1.54. The Kier molecular flexibility index (Phi) is 1.25. The van der Waals surface area contributed by atoms with Crippen LogP contribution < -0.4 is 10.9 Å². The molecule has 2 N–H and O–H groups in total. The molecule has 0 bridgehead atoms. The Balaban J connectivity index is 2.64. The fourth-order valence-corrected chi connectivity index (χ4v) is 1.01. The van der Waals surface area contributed by atoms with Crippen LogP contribution in [0.3, 0.4) is 0 Å². The molecule has 2 rings (SSSR count). The van der Waals surface area contributed by atoms with E-state index in [1.165, 1.54) is 5.01 Å². The summed E-state index contributed by atoms with van der Waals surface area (Å²) in [5, 5.41) is 1.50. The average Bonchev–Trinajstić information content (AvgIpc) is 2.06. The van der Waals surface area contributed by atoms with Crippen LogP contribution in [0, 0.1) is 0 Å². The maximum absolute atomic E-state index is 5.60. The zero-order valence-corrected chi connectivity index (χ0v) is 5.86. The molecule has 3 heteroatoms. The SMILES string of the molecule is NN1C=C=Nc2ccccc21. The number of nitrogens with zero attached hydrogens (tertiary/aromatic N) is 2. The van der Waals surface area contributed by atoms with Crippen LogP contribution in [0.1, 0.15) is 0 Å². The summed E-state index contributed by atoms with van der Waals surface area (Å²) < 4.78 is 0. The van der Waals surface area contributed by atoms with E-state index in [-0.39, 0.29) is 0 Å². The van der Waals surface area contributed by atoms with Gasteiger partial charge in [-0.1, -0.05) is 12.1 Å². The maximum atomic E-state index is 5.60. The van der Waals surface area contributed by atoms with Crippen molar-refractivity contribution in [3.63, 3.8) is 0 Å². The van der Waals surface area contributed by atoms with Crippen LogP contribution in [0.5, 0.6) is 0 Å². The minimum atomic E-state index is 0.859. The lowest BCUT2D eigenvalue weighted by molar-refractivity contribution is 1.08. The van der Waals surface area contributed by atoms with E-state index >= 15 is 0 Å². The molecular formula is C8H7N3. The Morgan fingerprint density at radius 2 is 2.18 bits per heavy atom. The molecule has 0 fully saturated rings. The van der Waals surface area contributed by atoms with Gasteiger partial charge in [0.05, 0.1) is 17.6 Å². The van der Waals surface area contributed by atoms with Crippen LogP contribution >= 0.6 is 0 Å². The Bertz CT molecular complexity index is 337. The number of anilines is 1. The summed E-state index contributed by atoms with van der Waals surface area (Å²) in [6.07, 6.45) is 1.60.